The van der Waals surface area contributed by atoms with Gasteiger partial charge in [0, 0.05) is 19.5 Å². The molecule has 1 aromatic rings. The summed E-state index contributed by atoms with van der Waals surface area (Å²) >= 11 is 0. The van der Waals surface area contributed by atoms with E-state index >= 15 is 0 Å². The lowest BCUT2D eigenvalue weighted by Gasteiger charge is -2.29. The van der Waals surface area contributed by atoms with Gasteiger partial charge >= 0.3 is 0 Å². The second-order valence-corrected chi connectivity index (χ2v) is 6.08. The van der Waals surface area contributed by atoms with Crippen LogP contribution in [0.3, 0.4) is 0 Å². The Labute approximate surface area is 140 Å². The molecule has 24 heavy (non-hydrogen) atoms. The zero-order valence-electron chi connectivity index (χ0n) is 13.6. The Balaban J connectivity index is 2.05. The molecule has 0 aliphatic carbocycles. The van der Waals surface area contributed by atoms with E-state index < -0.39 is 30.7 Å². The van der Waals surface area contributed by atoms with Crippen LogP contribution in [0.5, 0.6) is 0 Å². The van der Waals surface area contributed by atoms with Crippen molar-refractivity contribution in [3.05, 3.63) is 35.9 Å². The number of nitrogens with one attached hydrogen (secondary N) is 1. The molecule has 0 radical (unpaired) electrons. The molecule has 0 aromatic heterocycles. The molecule has 4 unspecified atom stereocenters. The monoisotopic (exact) mass is 342 g/mol. The van der Waals surface area contributed by atoms with Gasteiger partial charge in [0.25, 0.3) is 6.43 Å². The van der Waals surface area contributed by atoms with E-state index in [1.54, 1.807) is 0 Å². The lowest BCUT2D eigenvalue weighted by Crippen LogP contribution is -2.45. The van der Waals surface area contributed by atoms with Crippen molar-refractivity contribution in [1.29, 1.82) is 0 Å². The summed E-state index contributed by atoms with van der Waals surface area (Å²) in [5.74, 6) is -0.353. The first-order valence-electron chi connectivity index (χ1n) is 8.10. The maximum absolute atomic E-state index is 13.3. The summed E-state index contributed by atoms with van der Waals surface area (Å²) < 4.78 is 26.7. The predicted octanol–water partition coefficient (Wildman–Crippen LogP) is 0.795. The largest absolute Gasteiger partial charge is 0.389 e. The molecule has 1 aromatic carbocycles. The van der Waals surface area contributed by atoms with Crippen molar-refractivity contribution in [2.75, 3.05) is 13.6 Å². The van der Waals surface area contributed by atoms with Gasteiger partial charge in [-0.25, -0.2) is 8.78 Å². The molecule has 1 heterocycles. The molecule has 1 aliphatic heterocycles. The zero-order valence-corrected chi connectivity index (χ0v) is 13.6. The van der Waals surface area contributed by atoms with Crippen molar-refractivity contribution in [1.82, 2.24) is 10.2 Å². The average molecular weight is 342 g/mol. The Hall–Kier alpha value is -1.57. The maximum Gasteiger partial charge on any atom is 0.256 e. The highest BCUT2D eigenvalue weighted by molar-refractivity contribution is 5.76. The van der Waals surface area contributed by atoms with Crippen LogP contribution in [0.15, 0.2) is 30.3 Å². The molecule has 1 saturated heterocycles. The third-order valence-electron chi connectivity index (χ3n) is 4.56. The molecule has 7 heteroatoms. The molecule has 1 fully saturated rings. The molecule has 3 N–H and O–H groups in total. The first-order valence-corrected chi connectivity index (χ1v) is 8.10. The van der Waals surface area contributed by atoms with Gasteiger partial charge in [0.1, 0.15) is 6.10 Å². The summed E-state index contributed by atoms with van der Waals surface area (Å²) in [4.78, 5) is 13.0. The number of alkyl halides is 2. The maximum atomic E-state index is 13.3. The molecule has 1 aliphatic rings. The number of aliphatic hydroxyl groups excluding tert-OH is 2. The number of rotatable bonds is 7. The Morgan fingerprint density at radius 3 is 2.50 bits per heavy atom. The number of aryl methyl sites for hydroxylation is 1. The molecule has 5 nitrogen and oxygen atoms in total. The molecule has 2 rings (SSSR count). The van der Waals surface area contributed by atoms with Crippen LogP contribution in [0.2, 0.25) is 0 Å². The number of likely N-dealkylation sites (tertiary alicyclic amines) is 1. The fraction of sp³-hybridized carbons (Fsp3) is 0.588. The minimum absolute atomic E-state index is 0.122. The number of carbonyl (C=O) groups is 1. The number of amides is 1. The Morgan fingerprint density at radius 1 is 1.25 bits per heavy atom. The summed E-state index contributed by atoms with van der Waals surface area (Å²) in [7, 11) is 1.45. The summed E-state index contributed by atoms with van der Waals surface area (Å²) in [6, 6.07) is 7.38. The van der Waals surface area contributed by atoms with Crippen molar-refractivity contribution in [2.24, 2.45) is 0 Å². The first-order chi connectivity index (χ1) is 11.5. The predicted molar refractivity (Wildman–Crippen MR) is 85.7 cm³/mol. The average Bonchev–Trinajstić information content (AvgIpc) is 2.80. The van der Waals surface area contributed by atoms with E-state index in [1.165, 1.54) is 11.9 Å². The summed E-state index contributed by atoms with van der Waals surface area (Å²) in [5, 5.41) is 22.5. The number of benzene rings is 1. The van der Waals surface area contributed by atoms with Gasteiger partial charge in [-0.1, -0.05) is 30.3 Å². The minimum Gasteiger partial charge on any atom is -0.389 e. The van der Waals surface area contributed by atoms with Crippen LogP contribution in [0, 0.1) is 0 Å². The van der Waals surface area contributed by atoms with E-state index in [-0.39, 0.29) is 18.9 Å². The molecule has 4 atom stereocenters. The van der Waals surface area contributed by atoms with Gasteiger partial charge in [-0.05, 0) is 24.9 Å². The van der Waals surface area contributed by atoms with Gasteiger partial charge in [0.15, 0.2) is 0 Å². The highest BCUT2D eigenvalue weighted by Gasteiger charge is 2.51. The van der Waals surface area contributed by atoms with E-state index in [4.69, 9.17) is 0 Å². The van der Waals surface area contributed by atoms with Crippen molar-refractivity contribution < 1.29 is 23.8 Å². The SMILES string of the molecule is CNC(=O)CC1C(O)C(O)C(C(F)F)N1CCCc1ccccc1. The lowest BCUT2D eigenvalue weighted by atomic mass is 10.1. The van der Waals surface area contributed by atoms with Gasteiger partial charge in [0.2, 0.25) is 5.91 Å². The quantitative estimate of drug-likeness (QED) is 0.685. The molecule has 0 spiro atoms. The van der Waals surface area contributed by atoms with Crippen LogP contribution in [0.1, 0.15) is 18.4 Å². The van der Waals surface area contributed by atoms with Crippen LogP contribution in [0.25, 0.3) is 0 Å². The smallest absolute Gasteiger partial charge is 0.256 e. The highest BCUT2D eigenvalue weighted by atomic mass is 19.3. The molecular weight excluding hydrogens is 318 g/mol. The zero-order chi connectivity index (χ0) is 17.7. The summed E-state index contributed by atoms with van der Waals surface area (Å²) in [6.07, 6.45) is -4.54. The third kappa shape index (κ3) is 4.28. The van der Waals surface area contributed by atoms with Gasteiger partial charge in [-0.3, -0.25) is 9.69 Å². The number of hydrogen-bond acceptors (Lipinski definition) is 4. The number of hydrogen-bond donors (Lipinski definition) is 3. The van der Waals surface area contributed by atoms with E-state index in [9.17, 15) is 23.8 Å². The molecule has 0 saturated carbocycles. The van der Waals surface area contributed by atoms with Crippen LogP contribution >= 0.6 is 0 Å². The number of nitrogens with zero attached hydrogens (tertiary/aromatic N) is 1. The standard InChI is InChI=1S/C17H24F2N2O3/c1-20-13(22)10-12-15(23)16(24)14(17(18)19)21(12)9-5-8-11-6-3-2-4-7-11/h2-4,6-7,12,14-17,23-24H,5,8-10H2,1H3,(H,20,22). The number of carbonyl (C=O) groups excluding carboxylic acids is 1. The van der Waals surface area contributed by atoms with E-state index in [1.807, 2.05) is 30.3 Å². The Kier molecular flexibility index (Phi) is 6.65. The third-order valence-corrected chi connectivity index (χ3v) is 4.56. The molecule has 0 bridgehead atoms. The lowest BCUT2D eigenvalue weighted by molar-refractivity contribution is -0.122. The van der Waals surface area contributed by atoms with Crippen molar-refractivity contribution in [2.45, 2.75) is 50.0 Å². The van der Waals surface area contributed by atoms with Crippen LogP contribution in [-0.4, -0.2) is 65.3 Å². The Morgan fingerprint density at radius 2 is 1.92 bits per heavy atom. The molecule has 134 valence electrons. The van der Waals surface area contributed by atoms with E-state index in [2.05, 4.69) is 5.32 Å². The number of halogens is 2. The van der Waals surface area contributed by atoms with Crippen LogP contribution < -0.4 is 5.32 Å². The summed E-state index contributed by atoms with van der Waals surface area (Å²) in [5.41, 5.74) is 1.09. The van der Waals surface area contributed by atoms with Gasteiger partial charge in [0.05, 0.1) is 12.1 Å². The molecule has 1 amide bonds. The topological polar surface area (TPSA) is 72.8 Å². The summed E-state index contributed by atoms with van der Waals surface area (Å²) in [6.45, 7) is 0.277. The normalized spacial score (nSPS) is 27.6. The van der Waals surface area contributed by atoms with Crippen LogP contribution in [0.4, 0.5) is 8.78 Å². The fourth-order valence-electron chi connectivity index (χ4n) is 3.29. The van der Waals surface area contributed by atoms with Gasteiger partial charge < -0.3 is 15.5 Å². The minimum atomic E-state index is -2.79. The molecular formula is C17H24F2N2O3. The second-order valence-electron chi connectivity index (χ2n) is 6.08. The van der Waals surface area contributed by atoms with E-state index in [0.717, 1.165) is 5.56 Å². The number of aliphatic hydroxyl groups is 2. The van der Waals surface area contributed by atoms with Crippen LogP contribution in [-0.2, 0) is 11.2 Å². The van der Waals surface area contributed by atoms with Gasteiger partial charge in [-0.15, -0.1) is 0 Å². The first kappa shape index (κ1) is 18.8. The Bertz CT molecular complexity index is 530. The van der Waals surface area contributed by atoms with Crippen molar-refractivity contribution in [3.63, 3.8) is 0 Å². The fourth-order valence-corrected chi connectivity index (χ4v) is 3.29. The highest BCUT2D eigenvalue weighted by Crippen LogP contribution is 2.31. The van der Waals surface area contributed by atoms with Gasteiger partial charge in [-0.2, -0.15) is 0 Å². The second kappa shape index (κ2) is 8.50. The van der Waals surface area contributed by atoms with E-state index in [0.29, 0.717) is 12.8 Å². The van der Waals surface area contributed by atoms with Crippen molar-refractivity contribution >= 4 is 5.91 Å². The van der Waals surface area contributed by atoms with Crippen molar-refractivity contribution in [3.8, 4) is 0 Å².